The van der Waals surface area contributed by atoms with Gasteiger partial charge in [-0.3, -0.25) is 0 Å². The molecule has 88 valence electrons. The second kappa shape index (κ2) is 4.68. The lowest BCUT2D eigenvalue weighted by Crippen LogP contribution is -2.11. The first-order valence-electron chi connectivity index (χ1n) is 6.12. The maximum absolute atomic E-state index is 4.55. The molecule has 1 aromatic heterocycles. The summed E-state index contributed by atoms with van der Waals surface area (Å²) in [6, 6.07) is 0.632. The van der Waals surface area contributed by atoms with Crippen molar-refractivity contribution in [3.05, 3.63) is 11.4 Å². The van der Waals surface area contributed by atoms with Crippen LogP contribution in [0.4, 0.5) is 11.6 Å². The van der Waals surface area contributed by atoms with Crippen molar-refractivity contribution in [2.75, 3.05) is 17.2 Å². The van der Waals surface area contributed by atoms with Crippen molar-refractivity contribution >= 4 is 11.6 Å². The molecule has 0 atom stereocenters. The Morgan fingerprint density at radius 2 is 1.88 bits per heavy atom. The van der Waals surface area contributed by atoms with Gasteiger partial charge in [0.25, 0.3) is 0 Å². The molecule has 0 bridgehead atoms. The molecule has 4 heteroatoms. The Labute approximate surface area is 96.9 Å². The molecule has 1 fully saturated rings. The van der Waals surface area contributed by atoms with E-state index >= 15 is 0 Å². The predicted octanol–water partition coefficient (Wildman–Crippen LogP) is 2.35. The predicted molar refractivity (Wildman–Crippen MR) is 67.0 cm³/mol. The number of aromatic nitrogens is 2. The summed E-state index contributed by atoms with van der Waals surface area (Å²) in [5.74, 6) is 2.88. The van der Waals surface area contributed by atoms with Crippen molar-refractivity contribution in [3.8, 4) is 0 Å². The Hall–Kier alpha value is -1.32. The molecule has 0 radical (unpaired) electrons. The summed E-state index contributed by atoms with van der Waals surface area (Å²) in [5.41, 5.74) is 1.13. The van der Waals surface area contributed by atoms with Crippen molar-refractivity contribution in [2.24, 2.45) is 0 Å². The lowest BCUT2D eigenvalue weighted by atomic mass is 10.3. The molecule has 16 heavy (non-hydrogen) atoms. The molecule has 1 saturated carbocycles. The standard InChI is InChI=1S/C12H20N4/c1-4-10-15-11(13-5-2)8(3)12(16-10)14-9-6-7-9/h9H,4-7H2,1-3H3,(H2,13,14,15,16). The number of aryl methyl sites for hydroxylation is 1. The van der Waals surface area contributed by atoms with Gasteiger partial charge in [-0.25, -0.2) is 9.97 Å². The topological polar surface area (TPSA) is 49.8 Å². The molecule has 1 heterocycles. The zero-order valence-corrected chi connectivity index (χ0v) is 10.3. The maximum Gasteiger partial charge on any atom is 0.134 e. The molecule has 1 aliphatic carbocycles. The lowest BCUT2D eigenvalue weighted by molar-refractivity contribution is 0.919. The minimum Gasteiger partial charge on any atom is -0.370 e. The van der Waals surface area contributed by atoms with E-state index in [0.29, 0.717) is 6.04 Å². The highest BCUT2D eigenvalue weighted by Gasteiger charge is 2.23. The van der Waals surface area contributed by atoms with Crippen LogP contribution < -0.4 is 10.6 Å². The molecular weight excluding hydrogens is 200 g/mol. The van der Waals surface area contributed by atoms with Crippen LogP contribution >= 0.6 is 0 Å². The van der Waals surface area contributed by atoms with E-state index in [-0.39, 0.29) is 0 Å². The normalized spacial score (nSPS) is 14.9. The zero-order chi connectivity index (χ0) is 11.5. The van der Waals surface area contributed by atoms with Crippen LogP contribution in [0.2, 0.25) is 0 Å². The van der Waals surface area contributed by atoms with Gasteiger partial charge in [0.15, 0.2) is 0 Å². The molecule has 0 aliphatic heterocycles. The van der Waals surface area contributed by atoms with Gasteiger partial charge in [0, 0.05) is 24.6 Å². The van der Waals surface area contributed by atoms with Crippen LogP contribution in [0.25, 0.3) is 0 Å². The number of rotatable bonds is 5. The second-order valence-electron chi connectivity index (χ2n) is 4.26. The van der Waals surface area contributed by atoms with Gasteiger partial charge in [-0.2, -0.15) is 0 Å². The minimum atomic E-state index is 0.632. The summed E-state index contributed by atoms with van der Waals surface area (Å²) < 4.78 is 0. The van der Waals surface area contributed by atoms with E-state index in [0.717, 1.165) is 36.0 Å². The third kappa shape index (κ3) is 2.43. The minimum absolute atomic E-state index is 0.632. The summed E-state index contributed by atoms with van der Waals surface area (Å²) in [5, 5.41) is 6.76. The quantitative estimate of drug-likeness (QED) is 0.799. The molecule has 2 N–H and O–H groups in total. The first-order valence-corrected chi connectivity index (χ1v) is 6.12. The van der Waals surface area contributed by atoms with Crippen LogP contribution in [0.15, 0.2) is 0 Å². The van der Waals surface area contributed by atoms with E-state index in [1.807, 2.05) is 0 Å². The largest absolute Gasteiger partial charge is 0.370 e. The third-order valence-corrected chi connectivity index (χ3v) is 2.77. The SMILES string of the molecule is CCNc1nc(CC)nc(NC2CC2)c1C. The smallest absolute Gasteiger partial charge is 0.134 e. The van der Waals surface area contributed by atoms with Gasteiger partial charge in [0.05, 0.1) is 0 Å². The molecule has 0 aromatic carbocycles. The number of nitrogens with zero attached hydrogens (tertiary/aromatic N) is 2. The molecule has 0 saturated heterocycles. The van der Waals surface area contributed by atoms with E-state index < -0.39 is 0 Å². The number of hydrogen-bond donors (Lipinski definition) is 2. The van der Waals surface area contributed by atoms with Crippen LogP contribution in [-0.4, -0.2) is 22.6 Å². The first kappa shape index (κ1) is 11.2. The lowest BCUT2D eigenvalue weighted by Gasteiger charge is -2.13. The fraction of sp³-hybridized carbons (Fsp3) is 0.667. The fourth-order valence-corrected chi connectivity index (χ4v) is 1.62. The summed E-state index contributed by atoms with van der Waals surface area (Å²) in [7, 11) is 0. The average molecular weight is 220 g/mol. The van der Waals surface area contributed by atoms with Crippen LogP contribution in [0.5, 0.6) is 0 Å². The van der Waals surface area contributed by atoms with Gasteiger partial charge in [-0.1, -0.05) is 6.92 Å². The van der Waals surface area contributed by atoms with E-state index in [9.17, 15) is 0 Å². The Bertz CT molecular complexity index is 372. The zero-order valence-electron chi connectivity index (χ0n) is 10.3. The van der Waals surface area contributed by atoms with E-state index in [2.05, 4.69) is 41.4 Å². The Balaban J connectivity index is 2.28. The van der Waals surface area contributed by atoms with Gasteiger partial charge >= 0.3 is 0 Å². The second-order valence-corrected chi connectivity index (χ2v) is 4.26. The molecule has 4 nitrogen and oxygen atoms in total. The molecule has 0 unspecified atom stereocenters. The van der Waals surface area contributed by atoms with Gasteiger partial charge < -0.3 is 10.6 Å². The van der Waals surface area contributed by atoms with E-state index in [1.165, 1.54) is 12.8 Å². The Kier molecular flexibility index (Phi) is 3.27. The summed E-state index contributed by atoms with van der Waals surface area (Å²) >= 11 is 0. The highest BCUT2D eigenvalue weighted by Crippen LogP contribution is 2.27. The van der Waals surface area contributed by atoms with Gasteiger partial charge in [0.1, 0.15) is 17.5 Å². The summed E-state index contributed by atoms with van der Waals surface area (Å²) in [6.45, 7) is 7.13. The number of nitrogens with one attached hydrogen (secondary N) is 2. The third-order valence-electron chi connectivity index (χ3n) is 2.77. The van der Waals surface area contributed by atoms with Crippen LogP contribution in [-0.2, 0) is 6.42 Å². The molecule has 2 rings (SSSR count). The van der Waals surface area contributed by atoms with Gasteiger partial charge in [-0.15, -0.1) is 0 Å². The average Bonchev–Trinajstić information content (AvgIpc) is 3.08. The summed E-state index contributed by atoms with van der Waals surface area (Å²) in [4.78, 5) is 9.06. The van der Waals surface area contributed by atoms with Gasteiger partial charge in [0.2, 0.25) is 0 Å². The van der Waals surface area contributed by atoms with Crippen LogP contribution in [0.3, 0.4) is 0 Å². The number of anilines is 2. The van der Waals surface area contributed by atoms with Crippen molar-refractivity contribution in [2.45, 2.75) is 46.1 Å². The van der Waals surface area contributed by atoms with E-state index in [4.69, 9.17) is 0 Å². The van der Waals surface area contributed by atoms with Gasteiger partial charge in [-0.05, 0) is 26.7 Å². The maximum atomic E-state index is 4.55. The molecular formula is C12H20N4. The molecule has 1 aliphatic rings. The molecule has 0 spiro atoms. The highest BCUT2D eigenvalue weighted by molar-refractivity contribution is 5.58. The van der Waals surface area contributed by atoms with Crippen molar-refractivity contribution in [1.82, 2.24) is 9.97 Å². The van der Waals surface area contributed by atoms with Crippen molar-refractivity contribution in [1.29, 1.82) is 0 Å². The highest BCUT2D eigenvalue weighted by atomic mass is 15.1. The Morgan fingerprint density at radius 3 is 2.44 bits per heavy atom. The monoisotopic (exact) mass is 220 g/mol. The molecule has 1 aromatic rings. The molecule has 0 amide bonds. The Morgan fingerprint density at radius 1 is 1.19 bits per heavy atom. The fourth-order valence-electron chi connectivity index (χ4n) is 1.62. The van der Waals surface area contributed by atoms with Crippen molar-refractivity contribution in [3.63, 3.8) is 0 Å². The first-order chi connectivity index (χ1) is 7.74. The van der Waals surface area contributed by atoms with Crippen LogP contribution in [0.1, 0.15) is 38.1 Å². The van der Waals surface area contributed by atoms with Crippen LogP contribution in [0, 0.1) is 6.92 Å². The summed E-state index contributed by atoms with van der Waals surface area (Å²) in [6.07, 6.45) is 3.40. The van der Waals surface area contributed by atoms with Crippen molar-refractivity contribution < 1.29 is 0 Å². The number of hydrogen-bond acceptors (Lipinski definition) is 4. The van der Waals surface area contributed by atoms with E-state index in [1.54, 1.807) is 0 Å².